The molecule has 0 saturated carbocycles. The Labute approximate surface area is 128 Å². The van der Waals surface area contributed by atoms with E-state index in [1.54, 1.807) is 0 Å². The van der Waals surface area contributed by atoms with Crippen LogP contribution in [0.5, 0.6) is 0 Å². The van der Waals surface area contributed by atoms with Crippen LogP contribution in [-0.2, 0) is 9.53 Å². The van der Waals surface area contributed by atoms with E-state index in [-0.39, 0.29) is 5.97 Å². The predicted molar refractivity (Wildman–Crippen MR) is 86.6 cm³/mol. The number of hydrogen-bond donors (Lipinski definition) is 1. The first-order chi connectivity index (χ1) is 9.86. The van der Waals surface area contributed by atoms with Crippen LogP contribution in [-0.4, -0.2) is 44.7 Å². The van der Waals surface area contributed by atoms with Gasteiger partial charge in [-0.25, -0.2) is 4.79 Å². The summed E-state index contributed by atoms with van der Waals surface area (Å²) in [6.45, 7) is 10.0. The Morgan fingerprint density at radius 2 is 1.81 bits per heavy atom. The molecule has 0 radical (unpaired) electrons. The number of benzene rings is 1. The first-order valence-corrected chi connectivity index (χ1v) is 7.49. The van der Waals surface area contributed by atoms with Crippen molar-refractivity contribution in [1.29, 1.82) is 0 Å². The van der Waals surface area contributed by atoms with E-state index in [4.69, 9.17) is 4.74 Å². The molecule has 0 aliphatic rings. The SMILES string of the molecule is CCOC(=O)C(NCCN(C)C)c1c(C)cc(C)cc1C. The van der Waals surface area contributed by atoms with Gasteiger partial charge in [0.15, 0.2) is 0 Å². The van der Waals surface area contributed by atoms with Gasteiger partial charge >= 0.3 is 5.97 Å². The molecule has 1 N–H and O–H groups in total. The monoisotopic (exact) mass is 292 g/mol. The van der Waals surface area contributed by atoms with Gasteiger partial charge in [-0.3, -0.25) is 5.32 Å². The van der Waals surface area contributed by atoms with Crippen molar-refractivity contribution in [2.75, 3.05) is 33.8 Å². The smallest absolute Gasteiger partial charge is 0.327 e. The fourth-order valence-electron chi connectivity index (χ4n) is 2.61. The van der Waals surface area contributed by atoms with Crippen LogP contribution in [0.1, 0.15) is 35.2 Å². The first-order valence-electron chi connectivity index (χ1n) is 7.49. The molecule has 21 heavy (non-hydrogen) atoms. The molecule has 0 aromatic heterocycles. The lowest BCUT2D eigenvalue weighted by Crippen LogP contribution is -2.35. The number of nitrogens with zero attached hydrogens (tertiary/aromatic N) is 1. The van der Waals surface area contributed by atoms with E-state index < -0.39 is 6.04 Å². The Balaban J connectivity index is 3.03. The van der Waals surface area contributed by atoms with Gasteiger partial charge in [-0.2, -0.15) is 0 Å². The molecule has 0 bridgehead atoms. The van der Waals surface area contributed by atoms with Crippen LogP contribution in [0, 0.1) is 20.8 Å². The predicted octanol–water partition coefficient (Wildman–Crippen LogP) is 2.37. The third-order valence-corrected chi connectivity index (χ3v) is 3.46. The molecule has 1 unspecified atom stereocenters. The molecule has 0 amide bonds. The number of carbonyl (C=O) groups excluding carboxylic acids is 1. The molecular formula is C17H28N2O2. The number of rotatable bonds is 7. The second-order valence-corrected chi connectivity index (χ2v) is 5.75. The molecule has 0 spiro atoms. The molecule has 0 heterocycles. The van der Waals surface area contributed by atoms with Crippen LogP contribution in [0.4, 0.5) is 0 Å². The zero-order chi connectivity index (χ0) is 16.0. The number of nitrogens with one attached hydrogen (secondary N) is 1. The largest absolute Gasteiger partial charge is 0.465 e. The second-order valence-electron chi connectivity index (χ2n) is 5.75. The van der Waals surface area contributed by atoms with Crippen molar-refractivity contribution in [1.82, 2.24) is 10.2 Å². The standard InChI is InChI=1S/C17H28N2O2/c1-7-21-17(20)16(18-8-9-19(5)6)15-13(3)10-12(2)11-14(15)4/h10-11,16,18H,7-9H2,1-6H3. The minimum Gasteiger partial charge on any atom is -0.465 e. The number of likely N-dealkylation sites (N-methyl/N-ethyl adjacent to an activating group) is 1. The summed E-state index contributed by atoms with van der Waals surface area (Å²) in [5, 5.41) is 3.34. The van der Waals surface area contributed by atoms with E-state index in [2.05, 4.69) is 43.1 Å². The van der Waals surface area contributed by atoms with Gasteiger partial charge in [0, 0.05) is 13.1 Å². The number of ether oxygens (including phenoxy) is 1. The first kappa shape index (κ1) is 17.7. The van der Waals surface area contributed by atoms with Crippen LogP contribution in [0.15, 0.2) is 12.1 Å². The maximum atomic E-state index is 12.3. The summed E-state index contributed by atoms with van der Waals surface area (Å²) >= 11 is 0. The topological polar surface area (TPSA) is 41.6 Å². The van der Waals surface area contributed by atoms with E-state index in [0.717, 1.165) is 29.8 Å². The van der Waals surface area contributed by atoms with E-state index >= 15 is 0 Å². The Kier molecular flexibility index (Phi) is 6.85. The van der Waals surface area contributed by atoms with Gasteiger partial charge in [0.2, 0.25) is 0 Å². The maximum absolute atomic E-state index is 12.3. The van der Waals surface area contributed by atoms with Crippen molar-refractivity contribution in [3.8, 4) is 0 Å². The summed E-state index contributed by atoms with van der Waals surface area (Å²) < 4.78 is 5.24. The lowest BCUT2D eigenvalue weighted by atomic mass is 9.94. The summed E-state index contributed by atoms with van der Waals surface area (Å²) in [6.07, 6.45) is 0. The van der Waals surface area contributed by atoms with Crippen LogP contribution < -0.4 is 5.32 Å². The molecule has 0 aliphatic heterocycles. The van der Waals surface area contributed by atoms with Crippen LogP contribution in [0.2, 0.25) is 0 Å². The van der Waals surface area contributed by atoms with Crippen molar-refractivity contribution in [3.05, 3.63) is 34.4 Å². The highest BCUT2D eigenvalue weighted by molar-refractivity contribution is 5.78. The molecule has 1 aromatic rings. The van der Waals surface area contributed by atoms with Gasteiger partial charge in [0.1, 0.15) is 6.04 Å². The Morgan fingerprint density at radius 1 is 1.24 bits per heavy atom. The quantitative estimate of drug-likeness (QED) is 0.783. The van der Waals surface area contributed by atoms with Crippen LogP contribution >= 0.6 is 0 Å². The second kappa shape index (κ2) is 8.15. The molecule has 0 aliphatic carbocycles. The minimum absolute atomic E-state index is 0.202. The average molecular weight is 292 g/mol. The Bertz CT molecular complexity index is 461. The van der Waals surface area contributed by atoms with Crippen molar-refractivity contribution in [2.45, 2.75) is 33.7 Å². The van der Waals surface area contributed by atoms with Gasteiger partial charge in [-0.1, -0.05) is 17.7 Å². The third kappa shape index (κ3) is 5.14. The average Bonchev–Trinajstić information content (AvgIpc) is 2.35. The minimum atomic E-state index is -0.398. The van der Waals surface area contributed by atoms with Crippen molar-refractivity contribution in [2.24, 2.45) is 0 Å². The lowest BCUT2D eigenvalue weighted by Gasteiger charge is -2.23. The zero-order valence-corrected chi connectivity index (χ0v) is 14.1. The van der Waals surface area contributed by atoms with Gasteiger partial charge in [-0.15, -0.1) is 0 Å². The van der Waals surface area contributed by atoms with Crippen molar-refractivity contribution < 1.29 is 9.53 Å². The number of carbonyl (C=O) groups is 1. The lowest BCUT2D eigenvalue weighted by molar-refractivity contribution is -0.145. The number of aryl methyl sites for hydroxylation is 3. The summed E-state index contributed by atoms with van der Waals surface area (Å²) in [7, 11) is 4.03. The molecule has 0 fully saturated rings. The fourth-order valence-corrected chi connectivity index (χ4v) is 2.61. The fraction of sp³-hybridized carbons (Fsp3) is 0.588. The Morgan fingerprint density at radius 3 is 2.29 bits per heavy atom. The van der Waals surface area contributed by atoms with Gasteiger partial charge in [0.25, 0.3) is 0 Å². The summed E-state index contributed by atoms with van der Waals surface area (Å²) in [4.78, 5) is 14.4. The zero-order valence-electron chi connectivity index (χ0n) is 14.1. The highest BCUT2D eigenvalue weighted by Gasteiger charge is 2.24. The summed E-state index contributed by atoms with van der Waals surface area (Å²) in [6, 6.07) is 3.83. The molecule has 4 heteroatoms. The van der Waals surface area contributed by atoms with Gasteiger partial charge in [-0.05, 0) is 58.5 Å². The van der Waals surface area contributed by atoms with Gasteiger partial charge < -0.3 is 9.64 Å². The normalized spacial score (nSPS) is 12.5. The van der Waals surface area contributed by atoms with E-state index in [0.29, 0.717) is 6.61 Å². The van der Waals surface area contributed by atoms with E-state index in [1.807, 2.05) is 21.0 Å². The molecule has 118 valence electrons. The number of esters is 1. The molecule has 1 rings (SSSR count). The third-order valence-electron chi connectivity index (χ3n) is 3.46. The van der Waals surface area contributed by atoms with Crippen molar-refractivity contribution >= 4 is 5.97 Å². The van der Waals surface area contributed by atoms with Gasteiger partial charge in [0.05, 0.1) is 6.61 Å². The summed E-state index contributed by atoms with van der Waals surface area (Å²) in [5.74, 6) is -0.202. The van der Waals surface area contributed by atoms with Crippen molar-refractivity contribution in [3.63, 3.8) is 0 Å². The van der Waals surface area contributed by atoms with Crippen LogP contribution in [0.3, 0.4) is 0 Å². The molecule has 0 saturated heterocycles. The Hall–Kier alpha value is -1.39. The maximum Gasteiger partial charge on any atom is 0.327 e. The number of hydrogen-bond acceptors (Lipinski definition) is 4. The highest BCUT2D eigenvalue weighted by atomic mass is 16.5. The molecule has 1 aromatic carbocycles. The van der Waals surface area contributed by atoms with E-state index in [1.165, 1.54) is 5.56 Å². The van der Waals surface area contributed by atoms with E-state index in [9.17, 15) is 4.79 Å². The molecular weight excluding hydrogens is 264 g/mol. The molecule has 4 nitrogen and oxygen atoms in total. The summed E-state index contributed by atoms with van der Waals surface area (Å²) in [5.41, 5.74) is 4.51. The van der Waals surface area contributed by atoms with Crippen LogP contribution in [0.25, 0.3) is 0 Å². The molecule has 1 atom stereocenters. The highest BCUT2D eigenvalue weighted by Crippen LogP contribution is 2.24.